The van der Waals surface area contributed by atoms with Gasteiger partial charge in [0.2, 0.25) is 0 Å². The molecule has 21 heavy (non-hydrogen) atoms. The van der Waals surface area contributed by atoms with Gasteiger partial charge in [-0.05, 0) is 31.2 Å². The number of ether oxygens (including phenoxy) is 1. The van der Waals surface area contributed by atoms with E-state index in [-0.39, 0.29) is 5.91 Å². The lowest BCUT2D eigenvalue weighted by atomic mass is 10.1. The molecule has 1 aromatic heterocycles. The molecule has 3 rings (SSSR count). The Bertz CT molecular complexity index is 670. The van der Waals surface area contributed by atoms with E-state index in [1.54, 1.807) is 6.07 Å². The van der Waals surface area contributed by atoms with Gasteiger partial charge in [0.25, 0.3) is 5.91 Å². The summed E-state index contributed by atoms with van der Waals surface area (Å²) in [6, 6.07) is 11.3. The molecule has 5 heteroatoms. The quantitative estimate of drug-likeness (QED) is 0.905. The third-order valence-electron chi connectivity index (χ3n) is 3.30. The van der Waals surface area contributed by atoms with Crippen molar-refractivity contribution >= 4 is 11.6 Å². The van der Waals surface area contributed by atoms with Gasteiger partial charge in [-0.2, -0.15) is 0 Å². The highest BCUT2D eigenvalue weighted by atomic mass is 16.5. The average molecular weight is 283 g/mol. The number of aryl methyl sites for hydroxylation is 1. The molecule has 1 aromatic carbocycles. The van der Waals surface area contributed by atoms with Gasteiger partial charge in [0.1, 0.15) is 6.61 Å². The first kappa shape index (κ1) is 13.4. The maximum atomic E-state index is 12.3. The van der Waals surface area contributed by atoms with Crippen LogP contribution in [0.25, 0.3) is 0 Å². The summed E-state index contributed by atoms with van der Waals surface area (Å²) in [5.41, 5.74) is 3.19. The van der Waals surface area contributed by atoms with Crippen molar-refractivity contribution in [1.29, 1.82) is 0 Å². The second-order valence-electron chi connectivity index (χ2n) is 4.91. The number of nitrogens with one attached hydrogen (secondary N) is 2. The van der Waals surface area contributed by atoms with Gasteiger partial charge in [-0.25, -0.2) is 0 Å². The number of fused-ring (bicyclic) bond motifs is 1. The summed E-state index contributed by atoms with van der Waals surface area (Å²) in [5, 5.41) is 6.11. The van der Waals surface area contributed by atoms with Crippen LogP contribution in [0.5, 0.6) is 5.75 Å². The Morgan fingerprint density at radius 3 is 3.05 bits per heavy atom. The van der Waals surface area contributed by atoms with Crippen LogP contribution < -0.4 is 15.4 Å². The topological polar surface area (TPSA) is 63.2 Å². The molecule has 0 saturated heterocycles. The normalized spacial score (nSPS) is 12.8. The number of aromatic nitrogens is 1. The third kappa shape index (κ3) is 2.97. The zero-order chi connectivity index (χ0) is 14.7. The van der Waals surface area contributed by atoms with Crippen LogP contribution in [0.4, 0.5) is 5.69 Å². The molecule has 0 unspecified atom stereocenters. The molecule has 2 heterocycles. The minimum Gasteiger partial charge on any atom is -0.489 e. The lowest BCUT2D eigenvalue weighted by Crippen LogP contribution is -2.26. The predicted octanol–water partition coefficient (Wildman–Crippen LogP) is 2.12. The molecule has 0 radical (unpaired) electrons. The third-order valence-corrected chi connectivity index (χ3v) is 3.30. The summed E-state index contributed by atoms with van der Waals surface area (Å²) < 4.78 is 5.61. The summed E-state index contributed by atoms with van der Waals surface area (Å²) in [6.45, 7) is 3.65. The van der Waals surface area contributed by atoms with Gasteiger partial charge in [-0.15, -0.1) is 0 Å². The minimum atomic E-state index is -0.154. The second kappa shape index (κ2) is 5.83. The Balaban J connectivity index is 1.74. The molecular weight excluding hydrogens is 266 g/mol. The molecule has 0 bridgehead atoms. The molecule has 2 aromatic rings. The van der Waals surface area contributed by atoms with Crippen LogP contribution in [0.1, 0.15) is 21.7 Å². The number of hydrogen-bond acceptors (Lipinski definition) is 4. The zero-order valence-corrected chi connectivity index (χ0v) is 11.8. The van der Waals surface area contributed by atoms with Crippen LogP contribution in [-0.4, -0.2) is 24.0 Å². The van der Waals surface area contributed by atoms with Crippen molar-refractivity contribution in [2.24, 2.45) is 0 Å². The first-order valence-corrected chi connectivity index (χ1v) is 6.94. The van der Waals surface area contributed by atoms with Crippen LogP contribution >= 0.6 is 0 Å². The van der Waals surface area contributed by atoms with E-state index in [1.165, 1.54) is 0 Å². The van der Waals surface area contributed by atoms with Crippen LogP contribution in [0.3, 0.4) is 0 Å². The largest absolute Gasteiger partial charge is 0.489 e. The minimum absolute atomic E-state index is 0.154. The number of amides is 1. The molecule has 0 saturated carbocycles. The molecule has 1 aliphatic heterocycles. The fourth-order valence-electron chi connectivity index (χ4n) is 2.31. The van der Waals surface area contributed by atoms with Crippen LogP contribution in [0.2, 0.25) is 0 Å². The number of rotatable bonds is 3. The molecule has 108 valence electrons. The van der Waals surface area contributed by atoms with E-state index in [0.717, 1.165) is 23.6 Å². The van der Waals surface area contributed by atoms with Gasteiger partial charge in [0.15, 0.2) is 5.75 Å². The monoisotopic (exact) mass is 283 g/mol. The van der Waals surface area contributed by atoms with Crippen molar-refractivity contribution in [2.45, 2.75) is 13.5 Å². The summed E-state index contributed by atoms with van der Waals surface area (Å²) in [5.74, 6) is 0.470. The Labute approximate surface area is 123 Å². The fraction of sp³-hybridized carbons (Fsp3) is 0.250. The molecular formula is C16H17N3O2. The predicted molar refractivity (Wildman–Crippen MR) is 80.6 cm³/mol. The molecule has 2 N–H and O–H groups in total. The van der Waals surface area contributed by atoms with Crippen molar-refractivity contribution < 1.29 is 9.53 Å². The highest BCUT2D eigenvalue weighted by Gasteiger charge is 2.18. The summed E-state index contributed by atoms with van der Waals surface area (Å²) >= 11 is 0. The average Bonchev–Trinajstić information content (AvgIpc) is 2.52. The standard InChI is InChI=1S/C16H17N3O2/c1-11-4-2-5-12(19-11)10-18-16(20)13-6-3-7-14-15(13)21-9-8-17-14/h2-7,17H,8-10H2,1H3,(H,18,20). The van der Waals surface area contributed by atoms with E-state index < -0.39 is 0 Å². The van der Waals surface area contributed by atoms with Crippen molar-refractivity contribution in [2.75, 3.05) is 18.5 Å². The number of benzene rings is 1. The van der Waals surface area contributed by atoms with Gasteiger partial charge >= 0.3 is 0 Å². The number of carbonyl (C=O) groups is 1. The molecule has 1 amide bonds. The number of nitrogens with zero attached hydrogens (tertiary/aromatic N) is 1. The number of pyridine rings is 1. The van der Waals surface area contributed by atoms with Gasteiger partial charge in [-0.3, -0.25) is 9.78 Å². The Morgan fingerprint density at radius 2 is 2.19 bits per heavy atom. The van der Waals surface area contributed by atoms with E-state index in [1.807, 2.05) is 37.3 Å². The molecule has 1 aliphatic rings. The maximum absolute atomic E-state index is 12.3. The molecule has 0 aliphatic carbocycles. The zero-order valence-electron chi connectivity index (χ0n) is 11.8. The van der Waals surface area contributed by atoms with Crippen LogP contribution in [0.15, 0.2) is 36.4 Å². The Morgan fingerprint density at radius 1 is 1.33 bits per heavy atom. The highest BCUT2D eigenvalue weighted by molar-refractivity contribution is 5.98. The van der Waals surface area contributed by atoms with Crippen LogP contribution in [0, 0.1) is 6.92 Å². The molecule has 0 spiro atoms. The van der Waals surface area contributed by atoms with Gasteiger partial charge in [-0.1, -0.05) is 12.1 Å². The molecule has 0 fully saturated rings. The Hall–Kier alpha value is -2.56. The maximum Gasteiger partial charge on any atom is 0.255 e. The second-order valence-corrected chi connectivity index (χ2v) is 4.91. The van der Waals surface area contributed by atoms with Gasteiger partial charge in [0, 0.05) is 12.2 Å². The number of anilines is 1. The first-order valence-electron chi connectivity index (χ1n) is 6.94. The number of carbonyl (C=O) groups excluding carboxylic acids is 1. The van der Waals surface area contributed by atoms with Gasteiger partial charge < -0.3 is 15.4 Å². The number of hydrogen-bond donors (Lipinski definition) is 2. The first-order chi connectivity index (χ1) is 10.2. The SMILES string of the molecule is Cc1cccc(CNC(=O)c2cccc3c2OCCN3)n1. The fourth-order valence-corrected chi connectivity index (χ4v) is 2.31. The summed E-state index contributed by atoms with van der Waals surface area (Å²) in [6.07, 6.45) is 0. The van der Waals surface area contributed by atoms with E-state index in [0.29, 0.717) is 24.5 Å². The highest BCUT2D eigenvalue weighted by Crippen LogP contribution is 2.31. The van der Waals surface area contributed by atoms with E-state index in [4.69, 9.17) is 4.74 Å². The number of para-hydroxylation sites is 1. The van der Waals surface area contributed by atoms with Crippen molar-refractivity contribution in [3.05, 3.63) is 53.3 Å². The van der Waals surface area contributed by atoms with E-state index in [2.05, 4.69) is 15.6 Å². The van der Waals surface area contributed by atoms with Crippen molar-refractivity contribution in [3.63, 3.8) is 0 Å². The molecule has 0 atom stereocenters. The van der Waals surface area contributed by atoms with Crippen molar-refractivity contribution in [3.8, 4) is 5.75 Å². The smallest absolute Gasteiger partial charge is 0.255 e. The van der Waals surface area contributed by atoms with E-state index in [9.17, 15) is 4.79 Å². The lowest BCUT2D eigenvalue weighted by molar-refractivity contribution is 0.0946. The summed E-state index contributed by atoms with van der Waals surface area (Å²) in [4.78, 5) is 16.7. The summed E-state index contributed by atoms with van der Waals surface area (Å²) in [7, 11) is 0. The van der Waals surface area contributed by atoms with E-state index >= 15 is 0 Å². The van der Waals surface area contributed by atoms with Gasteiger partial charge in [0.05, 0.1) is 23.5 Å². The lowest BCUT2D eigenvalue weighted by Gasteiger charge is -2.21. The van der Waals surface area contributed by atoms with Crippen LogP contribution in [-0.2, 0) is 6.54 Å². The Kier molecular flexibility index (Phi) is 3.73. The van der Waals surface area contributed by atoms with Crippen molar-refractivity contribution in [1.82, 2.24) is 10.3 Å². The molecule has 5 nitrogen and oxygen atoms in total.